The van der Waals surface area contributed by atoms with Crippen molar-refractivity contribution in [3.8, 4) is 0 Å². The van der Waals surface area contributed by atoms with Crippen molar-refractivity contribution in [3.05, 3.63) is 21.3 Å². The molecule has 0 aromatic carbocycles. The number of hydrogen-bond donors (Lipinski definition) is 1. The summed E-state index contributed by atoms with van der Waals surface area (Å²) in [4.78, 5) is 1.34. The largest absolute Gasteiger partial charge is 0.309 e. The van der Waals surface area contributed by atoms with Gasteiger partial charge in [0.15, 0.2) is 0 Å². The number of thiophene rings is 1. The van der Waals surface area contributed by atoms with E-state index in [1.165, 1.54) is 37.0 Å². The van der Waals surface area contributed by atoms with Gasteiger partial charge in [-0.3, -0.25) is 0 Å². The zero-order valence-corrected chi connectivity index (χ0v) is 12.3. The Morgan fingerprint density at radius 3 is 2.59 bits per heavy atom. The van der Waals surface area contributed by atoms with Gasteiger partial charge in [-0.2, -0.15) is 0 Å². The predicted octanol–water partition coefficient (Wildman–Crippen LogP) is 5.02. The van der Waals surface area contributed by atoms with Crippen LogP contribution in [0.1, 0.15) is 56.9 Å². The molecule has 0 radical (unpaired) electrons. The molecule has 3 heteroatoms. The molecule has 1 aromatic rings. The average Bonchev–Trinajstić information content (AvgIpc) is 2.96. The van der Waals surface area contributed by atoms with Gasteiger partial charge in [-0.25, -0.2) is 0 Å². The molecule has 1 aliphatic carbocycles. The number of halogens is 1. The van der Waals surface area contributed by atoms with E-state index in [4.69, 9.17) is 11.6 Å². The van der Waals surface area contributed by atoms with Gasteiger partial charge in [-0.05, 0) is 42.7 Å². The number of nitrogens with one attached hydrogen (secondary N) is 1. The fourth-order valence-electron chi connectivity index (χ4n) is 3.23. The molecule has 1 nitrogen and oxygen atoms in total. The summed E-state index contributed by atoms with van der Waals surface area (Å²) < 4.78 is 0. The molecule has 0 amide bonds. The smallest absolute Gasteiger partial charge is 0.0561 e. The van der Waals surface area contributed by atoms with Gasteiger partial charge in [0.2, 0.25) is 0 Å². The second kappa shape index (κ2) is 5.73. The highest BCUT2D eigenvalue weighted by atomic mass is 35.5. The molecule has 0 spiro atoms. The van der Waals surface area contributed by atoms with E-state index in [-0.39, 0.29) is 0 Å². The molecule has 1 atom stereocenters. The highest BCUT2D eigenvalue weighted by Gasteiger charge is 2.41. The van der Waals surface area contributed by atoms with Crippen LogP contribution in [-0.4, -0.2) is 6.54 Å². The highest BCUT2D eigenvalue weighted by Crippen LogP contribution is 2.52. The molecule has 0 aliphatic heterocycles. The molecular formula is C14H22ClNS. The fourth-order valence-corrected chi connectivity index (χ4v) is 4.61. The maximum atomic E-state index is 6.34. The van der Waals surface area contributed by atoms with E-state index in [1.54, 1.807) is 11.3 Å². The summed E-state index contributed by atoms with van der Waals surface area (Å²) in [6.45, 7) is 5.53. The van der Waals surface area contributed by atoms with E-state index < -0.39 is 0 Å². The quantitative estimate of drug-likeness (QED) is 0.793. The third-order valence-electron chi connectivity index (χ3n) is 4.23. The van der Waals surface area contributed by atoms with Gasteiger partial charge in [0.25, 0.3) is 0 Å². The van der Waals surface area contributed by atoms with Crippen LogP contribution in [0.3, 0.4) is 0 Å². The van der Waals surface area contributed by atoms with Crippen LogP contribution in [0.5, 0.6) is 0 Å². The van der Waals surface area contributed by atoms with E-state index in [1.807, 2.05) is 6.07 Å². The van der Waals surface area contributed by atoms with Crippen LogP contribution in [0.2, 0.25) is 5.02 Å². The Morgan fingerprint density at radius 1 is 1.41 bits per heavy atom. The normalized spacial score (nSPS) is 20.6. The first-order chi connectivity index (χ1) is 8.23. The van der Waals surface area contributed by atoms with Gasteiger partial charge >= 0.3 is 0 Å². The lowest BCUT2D eigenvalue weighted by Crippen LogP contribution is -2.35. The monoisotopic (exact) mass is 271 g/mol. The van der Waals surface area contributed by atoms with Crippen molar-refractivity contribution < 1.29 is 0 Å². The predicted molar refractivity (Wildman–Crippen MR) is 76.9 cm³/mol. The lowest BCUT2D eigenvalue weighted by Gasteiger charge is -2.37. The Bertz CT molecular complexity index is 355. The van der Waals surface area contributed by atoms with E-state index in [0.717, 1.165) is 11.6 Å². The molecule has 2 rings (SSSR count). The summed E-state index contributed by atoms with van der Waals surface area (Å²) in [6, 6.07) is 2.48. The van der Waals surface area contributed by atoms with E-state index in [9.17, 15) is 0 Å². The standard InChI is InChI=1S/C14H22ClNS/c1-3-14(8-5-6-9-14)13(16-4-2)12-11(15)7-10-17-12/h7,10,13,16H,3-6,8-9H2,1-2H3. The van der Waals surface area contributed by atoms with E-state index in [0.29, 0.717) is 11.5 Å². The van der Waals surface area contributed by atoms with Crippen LogP contribution in [0.4, 0.5) is 0 Å². The molecule has 0 bridgehead atoms. The Labute approximate surface area is 114 Å². The summed E-state index contributed by atoms with van der Waals surface area (Å²) in [5.74, 6) is 0. The van der Waals surface area contributed by atoms with Crippen molar-refractivity contribution in [1.82, 2.24) is 5.32 Å². The van der Waals surface area contributed by atoms with Gasteiger partial charge in [0.05, 0.1) is 5.02 Å². The third kappa shape index (κ3) is 2.54. The topological polar surface area (TPSA) is 12.0 Å². The molecule has 17 heavy (non-hydrogen) atoms. The summed E-state index contributed by atoms with van der Waals surface area (Å²) >= 11 is 8.14. The Morgan fingerprint density at radius 2 is 2.12 bits per heavy atom. The molecule has 1 aliphatic rings. The first-order valence-corrected chi connectivity index (χ1v) is 7.95. The molecule has 1 saturated carbocycles. The molecule has 1 fully saturated rings. The maximum Gasteiger partial charge on any atom is 0.0561 e. The minimum Gasteiger partial charge on any atom is -0.309 e. The Balaban J connectivity index is 2.31. The van der Waals surface area contributed by atoms with Gasteiger partial charge < -0.3 is 5.32 Å². The van der Waals surface area contributed by atoms with Crippen LogP contribution >= 0.6 is 22.9 Å². The van der Waals surface area contributed by atoms with Crippen LogP contribution in [-0.2, 0) is 0 Å². The minimum absolute atomic E-state index is 0.435. The van der Waals surface area contributed by atoms with Gasteiger partial charge in [0, 0.05) is 10.9 Å². The minimum atomic E-state index is 0.435. The lowest BCUT2D eigenvalue weighted by molar-refractivity contribution is 0.192. The maximum absolute atomic E-state index is 6.34. The highest BCUT2D eigenvalue weighted by molar-refractivity contribution is 7.10. The first-order valence-electron chi connectivity index (χ1n) is 6.70. The Kier molecular flexibility index (Phi) is 4.51. The molecule has 1 N–H and O–H groups in total. The van der Waals surface area contributed by atoms with Gasteiger partial charge in [-0.15, -0.1) is 11.3 Å². The van der Waals surface area contributed by atoms with Crippen molar-refractivity contribution in [2.75, 3.05) is 6.54 Å². The molecule has 1 aromatic heterocycles. The zero-order valence-electron chi connectivity index (χ0n) is 10.8. The lowest BCUT2D eigenvalue weighted by atomic mass is 9.75. The van der Waals surface area contributed by atoms with Gasteiger partial charge in [0.1, 0.15) is 0 Å². The molecular weight excluding hydrogens is 250 g/mol. The van der Waals surface area contributed by atoms with E-state index >= 15 is 0 Å². The van der Waals surface area contributed by atoms with Crippen molar-refractivity contribution in [1.29, 1.82) is 0 Å². The SMILES string of the molecule is CCNC(c1sccc1Cl)C1(CC)CCCC1. The summed E-state index contributed by atoms with van der Waals surface area (Å²) in [7, 11) is 0. The van der Waals surface area contributed by atoms with Crippen LogP contribution in [0.15, 0.2) is 11.4 Å². The molecule has 1 unspecified atom stereocenters. The summed E-state index contributed by atoms with van der Waals surface area (Å²) in [5.41, 5.74) is 0.435. The van der Waals surface area contributed by atoms with Crippen LogP contribution in [0, 0.1) is 5.41 Å². The second-order valence-corrected chi connectivity index (χ2v) is 6.40. The molecule has 0 saturated heterocycles. The second-order valence-electron chi connectivity index (χ2n) is 5.05. The van der Waals surface area contributed by atoms with Crippen molar-refractivity contribution >= 4 is 22.9 Å². The van der Waals surface area contributed by atoms with Crippen LogP contribution < -0.4 is 5.32 Å². The molecule has 1 heterocycles. The zero-order chi connectivity index (χ0) is 12.3. The first kappa shape index (κ1) is 13.4. The summed E-state index contributed by atoms with van der Waals surface area (Å²) in [6.07, 6.45) is 6.68. The molecule has 96 valence electrons. The average molecular weight is 272 g/mol. The van der Waals surface area contributed by atoms with E-state index in [2.05, 4.69) is 24.5 Å². The van der Waals surface area contributed by atoms with Crippen molar-refractivity contribution in [2.24, 2.45) is 5.41 Å². The fraction of sp³-hybridized carbons (Fsp3) is 0.714. The number of rotatable bonds is 5. The van der Waals surface area contributed by atoms with Gasteiger partial charge in [-0.1, -0.05) is 38.3 Å². The van der Waals surface area contributed by atoms with Crippen molar-refractivity contribution in [3.63, 3.8) is 0 Å². The summed E-state index contributed by atoms with van der Waals surface area (Å²) in [5, 5.41) is 6.74. The van der Waals surface area contributed by atoms with Crippen molar-refractivity contribution in [2.45, 2.75) is 52.0 Å². The third-order valence-corrected chi connectivity index (χ3v) is 5.65. The number of hydrogen-bond acceptors (Lipinski definition) is 2. The Hall–Kier alpha value is -0.0500. The van der Waals surface area contributed by atoms with Crippen LogP contribution in [0.25, 0.3) is 0 Å².